The Morgan fingerprint density at radius 1 is 1.29 bits per heavy atom. The van der Waals surface area contributed by atoms with Gasteiger partial charge in [-0.15, -0.1) is 11.8 Å². The first-order valence-electron chi connectivity index (χ1n) is 6.79. The lowest BCUT2D eigenvalue weighted by Crippen LogP contribution is -2.28. The summed E-state index contributed by atoms with van der Waals surface area (Å²) in [5, 5.41) is 3.79. The maximum absolute atomic E-state index is 3.79. The van der Waals surface area contributed by atoms with E-state index < -0.39 is 0 Å². The van der Waals surface area contributed by atoms with Crippen LogP contribution in [0.25, 0.3) is 0 Å². The van der Waals surface area contributed by atoms with Crippen LogP contribution in [-0.2, 0) is 0 Å². The smallest absolute Gasteiger partial charge is 0.0426 e. The standard InChI is InChI=1S/C15H21NS/c1-11-5-4-6-12(11)9-16-14-10-17-15-8-3-2-7-13(14)15/h2-3,7-8,11-12,14,16H,4-6,9-10H2,1H3. The van der Waals surface area contributed by atoms with E-state index in [1.807, 2.05) is 11.8 Å². The Morgan fingerprint density at radius 3 is 3.00 bits per heavy atom. The monoisotopic (exact) mass is 247 g/mol. The predicted molar refractivity (Wildman–Crippen MR) is 74.4 cm³/mol. The second-order valence-electron chi connectivity index (χ2n) is 5.48. The molecule has 2 aliphatic rings. The Labute approximate surface area is 108 Å². The summed E-state index contributed by atoms with van der Waals surface area (Å²) in [7, 11) is 0. The van der Waals surface area contributed by atoms with Crippen LogP contribution in [0.2, 0.25) is 0 Å². The predicted octanol–water partition coefficient (Wildman–Crippen LogP) is 3.86. The Morgan fingerprint density at radius 2 is 2.18 bits per heavy atom. The second kappa shape index (κ2) is 5.03. The first kappa shape index (κ1) is 11.6. The summed E-state index contributed by atoms with van der Waals surface area (Å²) in [5.74, 6) is 3.04. The molecule has 1 N–H and O–H groups in total. The van der Waals surface area contributed by atoms with Gasteiger partial charge in [0.15, 0.2) is 0 Å². The van der Waals surface area contributed by atoms with E-state index in [2.05, 4.69) is 36.5 Å². The van der Waals surface area contributed by atoms with Gasteiger partial charge in [0.05, 0.1) is 0 Å². The molecule has 3 atom stereocenters. The Balaban J connectivity index is 1.60. The third kappa shape index (κ3) is 2.38. The molecule has 1 aromatic carbocycles. The summed E-state index contributed by atoms with van der Waals surface area (Å²) in [4.78, 5) is 1.48. The minimum absolute atomic E-state index is 0.587. The maximum Gasteiger partial charge on any atom is 0.0426 e. The highest BCUT2D eigenvalue weighted by Crippen LogP contribution is 2.38. The topological polar surface area (TPSA) is 12.0 Å². The number of hydrogen-bond acceptors (Lipinski definition) is 2. The Kier molecular flexibility index (Phi) is 3.44. The summed E-state index contributed by atoms with van der Waals surface area (Å²) in [6.07, 6.45) is 4.29. The van der Waals surface area contributed by atoms with E-state index in [1.54, 1.807) is 0 Å². The van der Waals surface area contributed by atoms with E-state index in [1.165, 1.54) is 42.0 Å². The van der Waals surface area contributed by atoms with Gasteiger partial charge in [-0.3, -0.25) is 0 Å². The summed E-state index contributed by atoms with van der Waals surface area (Å²) < 4.78 is 0. The highest BCUT2D eigenvalue weighted by molar-refractivity contribution is 7.99. The van der Waals surface area contributed by atoms with E-state index in [0.717, 1.165) is 11.8 Å². The van der Waals surface area contributed by atoms with Crippen LogP contribution in [0.5, 0.6) is 0 Å². The lowest BCUT2D eigenvalue weighted by atomic mass is 9.97. The van der Waals surface area contributed by atoms with Crippen LogP contribution in [0.3, 0.4) is 0 Å². The number of fused-ring (bicyclic) bond motifs is 1. The zero-order valence-corrected chi connectivity index (χ0v) is 11.3. The lowest BCUT2D eigenvalue weighted by molar-refractivity contribution is 0.376. The maximum atomic E-state index is 3.79. The molecule has 1 saturated carbocycles. The molecule has 92 valence electrons. The van der Waals surface area contributed by atoms with Crippen molar-refractivity contribution in [1.29, 1.82) is 0 Å². The number of benzene rings is 1. The molecule has 0 bridgehead atoms. The fourth-order valence-electron chi connectivity index (χ4n) is 3.15. The second-order valence-corrected chi connectivity index (χ2v) is 6.54. The minimum atomic E-state index is 0.587. The van der Waals surface area contributed by atoms with E-state index >= 15 is 0 Å². The van der Waals surface area contributed by atoms with Crippen molar-refractivity contribution in [2.45, 2.75) is 37.1 Å². The molecule has 3 unspecified atom stereocenters. The summed E-state index contributed by atoms with van der Waals surface area (Å²) in [6.45, 7) is 3.62. The van der Waals surface area contributed by atoms with Crippen LogP contribution >= 0.6 is 11.8 Å². The molecule has 0 saturated heterocycles. The number of thioether (sulfide) groups is 1. The molecule has 1 aliphatic heterocycles. The summed E-state index contributed by atoms with van der Waals surface area (Å²) in [5.41, 5.74) is 1.52. The lowest BCUT2D eigenvalue weighted by Gasteiger charge is -2.20. The van der Waals surface area contributed by atoms with Gasteiger partial charge < -0.3 is 5.32 Å². The van der Waals surface area contributed by atoms with Gasteiger partial charge in [0.1, 0.15) is 0 Å². The molecule has 0 radical (unpaired) electrons. The third-order valence-corrected chi connectivity index (χ3v) is 5.55. The van der Waals surface area contributed by atoms with Crippen molar-refractivity contribution in [3.05, 3.63) is 29.8 Å². The quantitative estimate of drug-likeness (QED) is 0.870. The highest BCUT2D eigenvalue weighted by atomic mass is 32.2. The summed E-state index contributed by atoms with van der Waals surface area (Å²) in [6, 6.07) is 9.43. The van der Waals surface area contributed by atoms with Crippen molar-refractivity contribution in [3.63, 3.8) is 0 Å². The Bertz CT molecular complexity index is 390. The molecule has 1 heterocycles. The third-order valence-electron chi connectivity index (χ3n) is 4.37. The number of hydrogen-bond donors (Lipinski definition) is 1. The van der Waals surface area contributed by atoms with Gasteiger partial charge in [0.25, 0.3) is 0 Å². The normalized spacial score (nSPS) is 31.7. The molecule has 0 spiro atoms. The van der Waals surface area contributed by atoms with Crippen LogP contribution in [0.4, 0.5) is 0 Å². The molecule has 17 heavy (non-hydrogen) atoms. The fraction of sp³-hybridized carbons (Fsp3) is 0.600. The van der Waals surface area contributed by atoms with Gasteiger partial charge in [-0.1, -0.05) is 38.0 Å². The number of nitrogens with one attached hydrogen (secondary N) is 1. The molecule has 0 amide bonds. The first-order chi connectivity index (χ1) is 8.34. The Hall–Kier alpha value is -0.470. The largest absolute Gasteiger partial charge is 0.309 e. The molecule has 0 aromatic heterocycles. The van der Waals surface area contributed by atoms with Gasteiger partial charge in [-0.05, 0) is 36.4 Å². The first-order valence-corrected chi connectivity index (χ1v) is 7.78. The molecule has 1 aliphatic carbocycles. The average molecular weight is 247 g/mol. The summed E-state index contributed by atoms with van der Waals surface area (Å²) >= 11 is 2.00. The molecular formula is C15H21NS. The van der Waals surface area contributed by atoms with Crippen molar-refractivity contribution in [3.8, 4) is 0 Å². The van der Waals surface area contributed by atoms with Crippen LogP contribution in [0, 0.1) is 11.8 Å². The average Bonchev–Trinajstić information content (AvgIpc) is 2.93. The van der Waals surface area contributed by atoms with Crippen LogP contribution < -0.4 is 5.32 Å². The van der Waals surface area contributed by atoms with Crippen molar-refractivity contribution >= 4 is 11.8 Å². The van der Waals surface area contributed by atoms with Crippen LogP contribution in [0.15, 0.2) is 29.2 Å². The van der Waals surface area contributed by atoms with Gasteiger partial charge >= 0.3 is 0 Å². The van der Waals surface area contributed by atoms with Crippen LogP contribution in [-0.4, -0.2) is 12.3 Å². The van der Waals surface area contributed by atoms with Gasteiger partial charge in [-0.2, -0.15) is 0 Å². The molecule has 1 nitrogen and oxygen atoms in total. The van der Waals surface area contributed by atoms with Gasteiger partial charge in [-0.25, -0.2) is 0 Å². The minimum Gasteiger partial charge on any atom is -0.309 e. The van der Waals surface area contributed by atoms with Crippen molar-refractivity contribution in [2.75, 3.05) is 12.3 Å². The number of rotatable bonds is 3. The molecular weight excluding hydrogens is 226 g/mol. The van der Waals surface area contributed by atoms with Crippen molar-refractivity contribution in [1.82, 2.24) is 5.32 Å². The van der Waals surface area contributed by atoms with E-state index in [9.17, 15) is 0 Å². The van der Waals surface area contributed by atoms with E-state index in [0.29, 0.717) is 6.04 Å². The molecule has 2 heteroatoms. The van der Waals surface area contributed by atoms with Crippen molar-refractivity contribution in [2.24, 2.45) is 11.8 Å². The zero-order valence-electron chi connectivity index (χ0n) is 10.5. The van der Waals surface area contributed by atoms with Gasteiger partial charge in [0, 0.05) is 16.7 Å². The highest BCUT2D eigenvalue weighted by Gasteiger charge is 2.26. The van der Waals surface area contributed by atoms with E-state index in [4.69, 9.17) is 0 Å². The SMILES string of the molecule is CC1CCCC1CNC1CSc2ccccc21. The zero-order chi connectivity index (χ0) is 11.7. The van der Waals surface area contributed by atoms with Crippen LogP contribution in [0.1, 0.15) is 37.8 Å². The van der Waals surface area contributed by atoms with Crippen molar-refractivity contribution < 1.29 is 0 Å². The molecule has 1 fully saturated rings. The molecule has 3 rings (SSSR count). The van der Waals surface area contributed by atoms with E-state index in [-0.39, 0.29) is 0 Å². The molecule has 1 aromatic rings. The van der Waals surface area contributed by atoms with Gasteiger partial charge in [0.2, 0.25) is 0 Å². The fourth-order valence-corrected chi connectivity index (χ4v) is 4.35.